The molecule has 0 spiro atoms. The van der Waals surface area contributed by atoms with Crippen molar-refractivity contribution >= 4 is 5.97 Å². The molecule has 0 aliphatic carbocycles. The highest BCUT2D eigenvalue weighted by atomic mass is 16.5. The van der Waals surface area contributed by atoms with Gasteiger partial charge in [0.05, 0.1) is 0 Å². The highest BCUT2D eigenvalue weighted by molar-refractivity contribution is 5.90. The number of benzene rings is 1. The number of phenols is 1. The van der Waals surface area contributed by atoms with Gasteiger partial charge < -0.3 is 14.9 Å². The number of hydrogen-bond acceptors (Lipinski definition) is 3. The molecule has 88 valence electrons. The Labute approximate surface area is 99.9 Å². The molecule has 17 heavy (non-hydrogen) atoms. The Morgan fingerprint density at radius 1 is 1.24 bits per heavy atom. The van der Waals surface area contributed by atoms with Gasteiger partial charge in [0.25, 0.3) is 0 Å². The number of ether oxygens (including phenoxy) is 1. The van der Waals surface area contributed by atoms with Gasteiger partial charge in [-0.1, -0.05) is 24.0 Å². The normalized spacial score (nSPS) is 8.12. The summed E-state index contributed by atoms with van der Waals surface area (Å²) in [7, 11) is 0. The summed E-state index contributed by atoms with van der Waals surface area (Å²) in [5, 5.41) is 17.3. The molecule has 0 fully saturated rings. The molecule has 1 aromatic carbocycles. The molecule has 2 N–H and O–H groups in total. The fourth-order valence-corrected chi connectivity index (χ4v) is 0.823. The lowest BCUT2D eigenvalue weighted by molar-refractivity contribution is 0.0694. The summed E-state index contributed by atoms with van der Waals surface area (Å²) in [5.74, 6) is 3.26. The van der Waals surface area contributed by atoms with Gasteiger partial charge in [-0.2, -0.15) is 0 Å². The lowest BCUT2D eigenvalue weighted by atomic mass is 10.2. The number of para-hydroxylation sites is 1. The molecule has 0 radical (unpaired) electrons. The Morgan fingerprint density at radius 2 is 1.76 bits per heavy atom. The molecule has 0 unspecified atom stereocenters. The first-order chi connectivity index (χ1) is 8.13. The van der Waals surface area contributed by atoms with Crippen molar-refractivity contribution in [3.8, 4) is 30.4 Å². The van der Waals surface area contributed by atoms with E-state index in [4.69, 9.17) is 23.1 Å². The molecule has 4 nitrogen and oxygen atoms in total. The lowest BCUT2D eigenvalue weighted by Gasteiger charge is -1.95. The first-order valence-electron chi connectivity index (χ1n) is 4.59. The summed E-state index contributed by atoms with van der Waals surface area (Å²) in [6, 6.07) is 5.81. The van der Waals surface area contributed by atoms with Crippen LogP contribution in [0.15, 0.2) is 24.3 Å². The minimum atomic E-state index is -1.11. The third-order valence-electron chi connectivity index (χ3n) is 1.51. The van der Waals surface area contributed by atoms with Gasteiger partial charge >= 0.3 is 5.97 Å². The third-order valence-corrected chi connectivity index (χ3v) is 1.51. The Morgan fingerprint density at radius 3 is 2.12 bits per heavy atom. The van der Waals surface area contributed by atoms with E-state index in [0.29, 0.717) is 13.2 Å². The SMILES string of the molecule is C#CCOCC#C.O=C(O)c1ccccc1O. The van der Waals surface area contributed by atoms with Crippen LogP contribution in [-0.4, -0.2) is 29.4 Å². The lowest BCUT2D eigenvalue weighted by Crippen LogP contribution is -1.95. The monoisotopic (exact) mass is 232 g/mol. The molecule has 1 rings (SSSR count). The Balaban J connectivity index is 0.000000325. The van der Waals surface area contributed by atoms with Gasteiger partial charge in [-0.25, -0.2) is 4.79 Å². The minimum absolute atomic E-state index is 0.0671. The average Bonchev–Trinajstić information content (AvgIpc) is 2.31. The van der Waals surface area contributed by atoms with Crippen LogP contribution in [0.3, 0.4) is 0 Å². The summed E-state index contributed by atoms with van der Waals surface area (Å²) >= 11 is 0. The maximum atomic E-state index is 10.3. The maximum Gasteiger partial charge on any atom is 0.339 e. The smallest absolute Gasteiger partial charge is 0.339 e. The van der Waals surface area contributed by atoms with E-state index in [1.54, 1.807) is 12.1 Å². The summed E-state index contributed by atoms with van der Waals surface area (Å²) in [4.78, 5) is 10.3. The van der Waals surface area contributed by atoms with Crippen molar-refractivity contribution in [1.29, 1.82) is 0 Å². The van der Waals surface area contributed by atoms with E-state index < -0.39 is 5.97 Å². The van der Waals surface area contributed by atoms with Crippen molar-refractivity contribution < 1.29 is 19.7 Å². The van der Waals surface area contributed by atoms with Crippen LogP contribution in [0.4, 0.5) is 0 Å². The molecule has 0 saturated heterocycles. The number of terminal acetylenes is 2. The highest BCUT2D eigenvalue weighted by Crippen LogP contribution is 2.14. The van der Waals surface area contributed by atoms with Gasteiger partial charge in [0, 0.05) is 0 Å². The zero-order valence-electron chi connectivity index (χ0n) is 9.09. The number of aromatic carboxylic acids is 1. The fourth-order valence-electron chi connectivity index (χ4n) is 0.823. The fraction of sp³-hybridized carbons (Fsp3) is 0.154. The van der Waals surface area contributed by atoms with E-state index >= 15 is 0 Å². The van der Waals surface area contributed by atoms with Crippen LogP contribution in [0.25, 0.3) is 0 Å². The topological polar surface area (TPSA) is 66.8 Å². The summed E-state index contributed by atoms with van der Waals surface area (Å²) in [5.41, 5.74) is -0.0671. The van der Waals surface area contributed by atoms with Gasteiger partial charge in [0.15, 0.2) is 0 Å². The predicted molar refractivity (Wildman–Crippen MR) is 63.6 cm³/mol. The largest absolute Gasteiger partial charge is 0.507 e. The van der Waals surface area contributed by atoms with E-state index in [0.717, 1.165) is 0 Å². The summed E-state index contributed by atoms with van der Waals surface area (Å²) in [6.07, 6.45) is 9.65. The average molecular weight is 232 g/mol. The van der Waals surface area contributed by atoms with Gasteiger partial charge in [0.1, 0.15) is 24.5 Å². The van der Waals surface area contributed by atoms with Gasteiger partial charge in [-0.05, 0) is 12.1 Å². The van der Waals surface area contributed by atoms with Gasteiger partial charge in [-0.3, -0.25) is 0 Å². The zero-order valence-corrected chi connectivity index (χ0v) is 9.09. The zero-order chi connectivity index (χ0) is 13.1. The van der Waals surface area contributed by atoms with Crippen LogP contribution in [0.1, 0.15) is 10.4 Å². The van der Waals surface area contributed by atoms with Crippen molar-refractivity contribution in [2.75, 3.05) is 13.2 Å². The third kappa shape index (κ3) is 6.62. The molecule has 0 heterocycles. The number of carbonyl (C=O) groups is 1. The molecule has 0 atom stereocenters. The predicted octanol–water partition coefficient (Wildman–Crippen LogP) is 1.36. The van der Waals surface area contributed by atoms with Crippen LogP contribution in [0, 0.1) is 24.7 Å². The van der Waals surface area contributed by atoms with Crippen molar-refractivity contribution in [2.24, 2.45) is 0 Å². The molecule has 0 saturated carbocycles. The second-order valence-corrected chi connectivity index (χ2v) is 2.72. The van der Waals surface area contributed by atoms with Crippen molar-refractivity contribution in [1.82, 2.24) is 0 Å². The van der Waals surface area contributed by atoms with E-state index in [2.05, 4.69) is 16.6 Å². The summed E-state index contributed by atoms with van der Waals surface area (Å²) in [6.45, 7) is 0.619. The number of hydrogen-bond donors (Lipinski definition) is 2. The van der Waals surface area contributed by atoms with Crippen LogP contribution >= 0.6 is 0 Å². The Kier molecular flexibility index (Phi) is 7.58. The number of carboxylic acid groups (broad SMARTS) is 1. The van der Waals surface area contributed by atoms with Crippen LogP contribution in [0.5, 0.6) is 5.75 Å². The first-order valence-corrected chi connectivity index (χ1v) is 4.59. The molecule has 0 bridgehead atoms. The van der Waals surface area contributed by atoms with E-state index in [9.17, 15) is 4.79 Å². The highest BCUT2D eigenvalue weighted by Gasteiger charge is 2.05. The number of rotatable bonds is 3. The molecular formula is C13H12O4. The van der Waals surface area contributed by atoms with E-state index in [-0.39, 0.29) is 11.3 Å². The Hall–Kier alpha value is -2.43. The van der Waals surface area contributed by atoms with Crippen molar-refractivity contribution in [2.45, 2.75) is 0 Å². The number of aromatic hydroxyl groups is 1. The second-order valence-electron chi connectivity index (χ2n) is 2.72. The molecule has 0 aromatic heterocycles. The molecular weight excluding hydrogens is 220 g/mol. The minimum Gasteiger partial charge on any atom is -0.507 e. The quantitative estimate of drug-likeness (QED) is 0.610. The standard InChI is InChI=1S/C7H6O3.C6H6O/c8-6-4-2-1-3-5(6)7(9)10;1-3-5-7-6-4-2/h1-4,8H,(H,9,10);1-2H,5-6H2. The van der Waals surface area contributed by atoms with Gasteiger partial charge in [-0.15, -0.1) is 12.8 Å². The van der Waals surface area contributed by atoms with Gasteiger partial charge in [0.2, 0.25) is 0 Å². The molecule has 0 aliphatic heterocycles. The van der Waals surface area contributed by atoms with Crippen LogP contribution in [-0.2, 0) is 4.74 Å². The number of carboxylic acids is 1. The van der Waals surface area contributed by atoms with E-state index in [1.807, 2.05) is 0 Å². The summed E-state index contributed by atoms with van der Waals surface area (Å²) < 4.78 is 4.66. The first kappa shape index (κ1) is 14.6. The van der Waals surface area contributed by atoms with E-state index in [1.165, 1.54) is 12.1 Å². The molecule has 0 amide bonds. The molecule has 4 heteroatoms. The molecule has 1 aromatic rings. The van der Waals surface area contributed by atoms with Crippen LogP contribution < -0.4 is 0 Å². The van der Waals surface area contributed by atoms with Crippen molar-refractivity contribution in [3.63, 3.8) is 0 Å². The second kappa shape index (κ2) is 8.84. The van der Waals surface area contributed by atoms with Crippen molar-refractivity contribution in [3.05, 3.63) is 29.8 Å². The molecule has 0 aliphatic rings. The maximum absolute atomic E-state index is 10.3. The Bertz CT molecular complexity index is 423. The van der Waals surface area contributed by atoms with Crippen LogP contribution in [0.2, 0.25) is 0 Å².